The number of halogens is 2. The molecule has 4 nitrogen and oxygen atoms in total. The third-order valence-electron chi connectivity index (χ3n) is 0.299. The molecule has 0 aliphatic heterocycles. The minimum atomic E-state index is -4.04. The van der Waals surface area contributed by atoms with Crippen molar-refractivity contribution in [3.63, 3.8) is 0 Å². The molecule has 8 heavy (non-hydrogen) atoms. The largest absolute Gasteiger partial charge is 0.489 e. The van der Waals surface area contributed by atoms with Crippen molar-refractivity contribution >= 4 is 31.3 Å². The first kappa shape index (κ1) is 8.69. The van der Waals surface area contributed by atoms with Crippen LogP contribution in [0.15, 0.2) is 0 Å². The van der Waals surface area contributed by atoms with Gasteiger partial charge in [-0.05, 0) is 0 Å². The number of alkyl halides is 1. The fourth-order valence-electron chi connectivity index (χ4n) is 0.0816. The number of rotatable bonds is 3. The molecule has 1 atom stereocenters. The quantitative estimate of drug-likeness (QED) is 0.528. The van der Waals surface area contributed by atoms with Crippen molar-refractivity contribution in [2.75, 3.05) is 6.07 Å². The molecule has 0 bridgehead atoms. The van der Waals surface area contributed by atoms with E-state index >= 15 is 0 Å². The first-order valence-electron chi connectivity index (χ1n) is 1.46. The average molecular weight is 181 g/mol. The lowest BCUT2D eigenvalue weighted by molar-refractivity contribution is 0.239. The minimum absolute atomic E-state index is 0.430. The lowest BCUT2D eigenvalue weighted by Crippen LogP contribution is -1.84. The van der Waals surface area contributed by atoms with Gasteiger partial charge in [-0.15, -0.1) is 0 Å². The summed E-state index contributed by atoms with van der Waals surface area (Å²) in [5, 5.41) is 0. The van der Waals surface area contributed by atoms with Crippen molar-refractivity contribution < 1.29 is 18.1 Å². The van der Waals surface area contributed by atoms with Crippen LogP contribution >= 0.6 is 31.3 Å². The van der Waals surface area contributed by atoms with Crippen LogP contribution in [0.25, 0.3) is 0 Å². The summed E-state index contributed by atoms with van der Waals surface area (Å²) < 4.78 is 17.4. The first-order chi connectivity index (χ1) is 3.62. The Kier molecular flexibility index (Phi) is 3.98. The topological polar surface area (TPSA) is 55.8 Å². The predicted octanol–water partition coefficient (Wildman–Crippen LogP) is 1.47. The monoisotopic (exact) mass is 180 g/mol. The second-order valence-electron chi connectivity index (χ2n) is 0.776. The molecule has 0 saturated heterocycles. The highest BCUT2D eigenvalue weighted by atomic mass is 35.5. The van der Waals surface area contributed by atoms with E-state index in [9.17, 15) is 4.57 Å². The van der Waals surface area contributed by atoms with Crippen molar-refractivity contribution in [1.82, 2.24) is 0 Å². The summed E-state index contributed by atoms with van der Waals surface area (Å²) in [7, 11) is -4.04. The maximum atomic E-state index is 10.1. The fraction of sp³-hybridized carbons (Fsp3) is 1.00. The zero-order valence-corrected chi connectivity index (χ0v) is 5.99. The Morgan fingerprint density at radius 1 is 1.75 bits per heavy atom. The van der Waals surface area contributed by atoms with Crippen molar-refractivity contribution in [2.24, 2.45) is 0 Å². The van der Waals surface area contributed by atoms with Gasteiger partial charge in [0.1, 0.15) is 6.07 Å². The molecule has 0 radical (unpaired) electrons. The minimum Gasteiger partial charge on any atom is -0.302 e. The molecule has 0 rings (SSSR count). The summed E-state index contributed by atoms with van der Waals surface area (Å²) in [6.07, 6.45) is 0. The van der Waals surface area contributed by atoms with Gasteiger partial charge in [0, 0.05) is 0 Å². The Morgan fingerprint density at radius 3 is 2.38 bits per heavy atom. The molecule has 0 saturated carbocycles. The Balaban J connectivity index is 3.55. The van der Waals surface area contributed by atoms with E-state index in [1.165, 1.54) is 0 Å². The van der Waals surface area contributed by atoms with E-state index in [-0.39, 0.29) is 0 Å². The predicted molar refractivity (Wildman–Crippen MR) is 28.6 cm³/mol. The number of hydrogen-bond acceptors (Lipinski definition) is 3. The van der Waals surface area contributed by atoms with Gasteiger partial charge in [0.25, 0.3) is 0 Å². The second kappa shape index (κ2) is 3.67. The van der Waals surface area contributed by atoms with Crippen molar-refractivity contribution in [1.29, 1.82) is 0 Å². The summed E-state index contributed by atoms with van der Waals surface area (Å²) in [5.74, 6) is 0. The molecule has 0 aromatic rings. The zero-order valence-electron chi connectivity index (χ0n) is 3.58. The molecule has 0 aliphatic carbocycles. The van der Waals surface area contributed by atoms with Crippen LogP contribution in [0.3, 0.4) is 0 Å². The lowest BCUT2D eigenvalue weighted by Gasteiger charge is -2.01. The average Bonchev–Trinajstić information content (AvgIpc) is 1.67. The van der Waals surface area contributed by atoms with Gasteiger partial charge in [0.15, 0.2) is 0 Å². The van der Waals surface area contributed by atoms with Crippen LogP contribution in [0.1, 0.15) is 0 Å². The van der Waals surface area contributed by atoms with Gasteiger partial charge in [0.2, 0.25) is 0 Å². The normalized spacial score (nSPS) is 17.9. The van der Waals surface area contributed by atoms with Crippen LogP contribution in [-0.2, 0) is 13.2 Å². The van der Waals surface area contributed by atoms with Gasteiger partial charge in [-0.2, -0.15) is 4.08 Å². The Morgan fingerprint density at radius 2 is 2.25 bits per heavy atom. The molecule has 0 spiro atoms. The Hall–Kier alpha value is 0.690. The summed E-state index contributed by atoms with van der Waals surface area (Å²) in [6.45, 7) is 0. The summed E-state index contributed by atoms with van der Waals surface area (Å²) in [4.78, 5) is 8.22. The molecule has 1 N–H and O–H groups in total. The second-order valence-corrected chi connectivity index (χ2v) is 2.74. The van der Waals surface area contributed by atoms with Crippen LogP contribution in [0.2, 0.25) is 0 Å². The van der Waals surface area contributed by atoms with Gasteiger partial charge in [0.05, 0.1) is 11.9 Å². The third kappa shape index (κ3) is 3.66. The van der Waals surface area contributed by atoms with E-state index in [0.29, 0.717) is 0 Å². The highest BCUT2D eigenvalue weighted by molar-refractivity contribution is 7.48. The van der Waals surface area contributed by atoms with Crippen molar-refractivity contribution in [3.8, 4) is 0 Å². The highest BCUT2D eigenvalue weighted by Gasteiger charge is 2.18. The van der Waals surface area contributed by atoms with E-state index < -0.39 is 13.9 Å². The van der Waals surface area contributed by atoms with Crippen LogP contribution in [0.4, 0.5) is 0 Å². The summed E-state index contributed by atoms with van der Waals surface area (Å²) >= 11 is 9.35. The van der Waals surface area contributed by atoms with Gasteiger partial charge in [-0.1, -0.05) is 11.6 Å². The van der Waals surface area contributed by atoms with Crippen LogP contribution in [0.5, 0.6) is 0 Å². The smallest absolute Gasteiger partial charge is 0.302 e. The SMILES string of the molecule is O=P(O)(OCl)OCCl. The van der Waals surface area contributed by atoms with E-state index in [4.69, 9.17) is 16.5 Å². The van der Waals surface area contributed by atoms with E-state index in [2.05, 4.69) is 20.5 Å². The third-order valence-corrected chi connectivity index (χ3v) is 1.71. The fourth-order valence-corrected chi connectivity index (χ4v) is 0.734. The maximum Gasteiger partial charge on any atom is 0.489 e. The number of phosphoric acid groups is 1. The molecule has 0 fully saturated rings. The zero-order chi connectivity index (χ0) is 6.62. The molecule has 0 aromatic heterocycles. The molecular formula is CH3Cl2O4P. The van der Waals surface area contributed by atoms with Gasteiger partial charge in [-0.25, -0.2) is 4.57 Å². The van der Waals surface area contributed by atoms with Gasteiger partial charge >= 0.3 is 7.82 Å². The summed E-state index contributed by atoms with van der Waals surface area (Å²) in [5.41, 5.74) is 0. The van der Waals surface area contributed by atoms with Gasteiger partial charge < -0.3 is 4.89 Å². The molecular weight excluding hydrogens is 178 g/mol. The standard InChI is InChI=1S/CH3Cl2O4P/c2-1-6-8(4,5)7-3/h1H2,(H,4,5). The number of hydrogen-bond donors (Lipinski definition) is 1. The maximum absolute atomic E-state index is 10.1. The van der Waals surface area contributed by atoms with Gasteiger partial charge in [-0.3, -0.25) is 4.52 Å². The van der Waals surface area contributed by atoms with E-state index in [1.54, 1.807) is 0 Å². The van der Waals surface area contributed by atoms with Crippen LogP contribution in [-0.4, -0.2) is 11.0 Å². The van der Waals surface area contributed by atoms with Crippen LogP contribution < -0.4 is 0 Å². The van der Waals surface area contributed by atoms with E-state index in [1.807, 2.05) is 0 Å². The molecule has 0 aliphatic rings. The molecule has 0 heterocycles. The van der Waals surface area contributed by atoms with E-state index in [0.717, 1.165) is 0 Å². The molecule has 1 unspecified atom stereocenters. The van der Waals surface area contributed by atoms with Crippen LogP contribution in [0, 0.1) is 0 Å². The van der Waals surface area contributed by atoms with Crippen molar-refractivity contribution in [3.05, 3.63) is 0 Å². The highest BCUT2D eigenvalue weighted by Crippen LogP contribution is 2.44. The molecule has 50 valence electrons. The Bertz CT molecular complexity index is 104. The van der Waals surface area contributed by atoms with Crippen molar-refractivity contribution in [2.45, 2.75) is 0 Å². The molecule has 7 heteroatoms. The number of phosphoric ester groups is 1. The first-order valence-corrected chi connectivity index (χ1v) is 3.80. The molecule has 0 aromatic carbocycles. The Labute approximate surface area is 56.1 Å². The summed E-state index contributed by atoms with van der Waals surface area (Å²) in [6, 6.07) is -0.430. The lowest BCUT2D eigenvalue weighted by atomic mass is 11.7. The molecule has 0 amide bonds.